The zero-order chi connectivity index (χ0) is 15.0. The van der Waals surface area contributed by atoms with Crippen LogP contribution in [0, 0.1) is 0 Å². The van der Waals surface area contributed by atoms with Gasteiger partial charge in [-0.25, -0.2) is 0 Å². The van der Waals surface area contributed by atoms with Crippen LogP contribution < -0.4 is 0 Å². The molecule has 0 amide bonds. The minimum Gasteiger partial charge on any atom is -0.481 e. The van der Waals surface area contributed by atoms with Gasteiger partial charge in [-0.3, -0.25) is 14.5 Å². The second-order valence-corrected chi connectivity index (χ2v) is 4.36. The van der Waals surface area contributed by atoms with Gasteiger partial charge < -0.3 is 15.0 Å². The lowest BCUT2D eigenvalue weighted by atomic mass is 10.1. The Morgan fingerprint density at radius 3 is 2.35 bits per heavy atom. The number of hydrogen-bond donors (Lipinski definition) is 2. The topological polar surface area (TPSA) is 94.9 Å². The van der Waals surface area contributed by atoms with E-state index in [9.17, 15) is 19.5 Å². The van der Waals surface area contributed by atoms with Gasteiger partial charge in [0, 0.05) is 19.5 Å². The molecule has 1 unspecified atom stereocenters. The predicted octanol–water partition coefficient (Wildman–Crippen LogP) is 1.01. The van der Waals surface area contributed by atoms with Gasteiger partial charge in [-0.2, -0.15) is 0 Å². The van der Waals surface area contributed by atoms with E-state index in [1.165, 1.54) is 4.90 Å². The van der Waals surface area contributed by atoms with Gasteiger partial charge in [-0.15, -0.1) is 0 Å². The van der Waals surface area contributed by atoms with Crippen LogP contribution in [0.1, 0.15) is 18.4 Å². The van der Waals surface area contributed by atoms with Gasteiger partial charge in [-0.1, -0.05) is 30.3 Å². The SMILES string of the molecule is O=CCC(C(=O)O)N(CCC(=O)O)Cc1ccccc1. The molecule has 1 aromatic carbocycles. The van der Waals surface area contributed by atoms with E-state index in [4.69, 9.17) is 5.11 Å². The third kappa shape index (κ3) is 5.19. The summed E-state index contributed by atoms with van der Waals surface area (Å²) in [7, 11) is 0. The van der Waals surface area contributed by atoms with Crippen molar-refractivity contribution in [2.75, 3.05) is 6.54 Å². The molecule has 0 spiro atoms. The Morgan fingerprint density at radius 1 is 1.20 bits per heavy atom. The van der Waals surface area contributed by atoms with E-state index in [0.29, 0.717) is 12.8 Å². The first-order chi connectivity index (χ1) is 9.54. The zero-order valence-electron chi connectivity index (χ0n) is 10.9. The summed E-state index contributed by atoms with van der Waals surface area (Å²) in [5.74, 6) is -2.13. The van der Waals surface area contributed by atoms with E-state index in [2.05, 4.69) is 0 Å². The lowest BCUT2D eigenvalue weighted by molar-refractivity contribution is -0.146. The van der Waals surface area contributed by atoms with E-state index < -0.39 is 18.0 Å². The third-order valence-corrected chi connectivity index (χ3v) is 2.89. The van der Waals surface area contributed by atoms with E-state index >= 15 is 0 Å². The quantitative estimate of drug-likeness (QED) is 0.655. The summed E-state index contributed by atoms with van der Waals surface area (Å²) in [5, 5.41) is 17.9. The Balaban J connectivity index is 2.84. The minimum absolute atomic E-state index is 0.0784. The Morgan fingerprint density at radius 2 is 1.85 bits per heavy atom. The molecule has 6 nitrogen and oxygen atoms in total. The monoisotopic (exact) mass is 279 g/mol. The molecule has 2 N–H and O–H groups in total. The molecular formula is C14H17NO5. The molecule has 1 rings (SSSR count). The fraction of sp³-hybridized carbons (Fsp3) is 0.357. The van der Waals surface area contributed by atoms with Crippen LogP contribution in [0.25, 0.3) is 0 Å². The molecule has 20 heavy (non-hydrogen) atoms. The fourth-order valence-corrected chi connectivity index (χ4v) is 1.90. The summed E-state index contributed by atoms with van der Waals surface area (Å²) >= 11 is 0. The summed E-state index contributed by atoms with van der Waals surface area (Å²) in [4.78, 5) is 34.0. The van der Waals surface area contributed by atoms with Crippen molar-refractivity contribution in [2.45, 2.75) is 25.4 Å². The normalized spacial score (nSPS) is 12.1. The number of benzene rings is 1. The number of carboxylic acids is 2. The highest BCUT2D eigenvalue weighted by Gasteiger charge is 2.25. The highest BCUT2D eigenvalue weighted by Crippen LogP contribution is 2.11. The van der Waals surface area contributed by atoms with Crippen LogP contribution >= 0.6 is 0 Å². The molecule has 0 fully saturated rings. The van der Waals surface area contributed by atoms with Gasteiger partial charge in [0.2, 0.25) is 0 Å². The summed E-state index contributed by atoms with van der Waals surface area (Å²) in [6, 6.07) is 8.12. The first kappa shape index (κ1) is 15.8. The fourth-order valence-electron chi connectivity index (χ4n) is 1.90. The van der Waals surface area contributed by atoms with E-state index in [1.807, 2.05) is 30.3 Å². The van der Waals surface area contributed by atoms with E-state index in [-0.39, 0.29) is 19.4 Å². The second kappa shape index (κ2) is 8.06. The number of aliphatic carboxylic acids is 2. The maximum Gasteiger partial charge on any atom is 0.321 e. The molecule has 0 aliphatic heterocycles. The summed E-state index contributed by atoms with van der Waals surface area (Å²) in [6.07, 6.45) is 0.203. The van der Waals surface area contributed by atoms with Crippen molar-refractivity contribution in [3.63, 3.8) is 0 Å². The number of rotatable bonds is 9. The minimum atomic E-state index is -1.13. The van der Waals surface area contributed by atoms with Gasteiger partial charge in [-0.05, 0) is 5.56 Å². The molecule has 0 aliphatic carbocycles. The number of carbonyl (C=O) groups is 3. The maximum absolute atomic E-state index is 11.2. The Hall–Kier alpha value is -2.21. The molecule has 0 heterocycles. The van der Waals surface area contributed by atoms with Gasteiger partial charge >= 0.3 is 11.9 Å². The molecule has 0 radical (unpaired) electrons. The van der Waals surface area contributed by atoms with Crippen molar-refractivity contribution in [3.8, 4) is 0 Å². The first-order valence-electron chi connectivity index (χ1n) is 6.20. The number of hydrogen-bond acceptors (Lipinski definition) is 4. The van der Waals surface area contributed by atoms with E-state index in [1.54, 1.807) is 0 Å². The Labute approximate surface area is 116 Å². The van der Waals surface area contributed by atoms with E-state index in [0.717, 1.165) is 5.56 Å². The zero-order valence-corrected chi connectivity index (χ0v) is 10.9. The number of nitrogens with zero attached hydrogens (tertiary/aromatic N) is 1. The van der Waals surface area contributed by atoms with Crippen LogP contribution in [0.3, 0.4) is 0 Å². The molecule has 0 aliphatic rings. The highest BCUT2D eigenvalue weighted by molar-refractivity contribution is 5.77. The number of carboxylic acid groups (broad SMARTS) is 2. The Bertz CT molecular complexity index is 460. The van der Waals surface area contributed by atoms with Crippen LogP contribution in [0.15, 0.2) is 30.3 Å². The molecule has 0 saturated carbocycles. The van der Waals surface area contributed by atoms with Crippen molar-refractivity contribution >= 4 is 18.2 Å². The number of aldehydes is 1. The van der Waals surface area contributed by atoms with Gasteiger partial charge in [0.15, 0.2) is 0 Å². The largest absolute Gasteiger partial charge is 0.481 e. The summed E-state index contributed by atoms with van der Waals surface area (Å²) in [6.45, 7) is 0.369. The average Bonchev–Trinajstić information content (AvgIpc) is 2.41. The second-order valence-electron chi connectivity index (χ2n) is 4.36. The van der Waals surface area contributed by atoms with Crippen molar-refractivity contribution in [2.24, 2.45) is 0 Å². The molecule has 0 saturated heterocycles. The molecule has 108 valence electrons. The number of carbonyl (C=O) groups excluding carboxylic acids is 1. The van der Waals surface area contributed by atoms with Crippen LogP contribution in [0.2, 0.25) is 0 Å². The van der Waals surface area contributed by atoms with Crippen molar-refractivity contribution in [1.82, 2.24) is 4.90 Å². The third-order valence-electron chi connectivity index (χ3n) is 2.89. The molecular weight excluding hydrogens is 262 g/mol. The van der Waals surface area contributed by atoms with Crippen molar-refractivity contribution in [3.05, 3.63) is 35.9 Å². The van der Waals surface area contributed by atoms with Crippen LogP contribution in [0.4, 0.5) is 0 Å². The lowest BCUT2D eigenvalue weighted by Crippen LogP contribution is -2.42. The lowest BCUT2D eigenvalue weighted by Gasteiger charge is -2.27. The smallest absolute Gasteiger partial charge is 0.321 e. The summed E-state index contributed by atoms with van der Waals surface area (Å²) < 4.78 is 0. The van der Waals surface area contributed by atoms with Crippen molar-refractivity contribution in [1.29, 1.82) is 0 Å². The van der Waals surface area contributed by atoms with Gasteiger partial charge in [0.05, 0.1) is 6.42 Å². The standard InChI is InChI=1S/C14H17NO5/c16-9-7-12(14(19)20)15(8-6-13(17)18)10-11-4-2-1-3-5-11/h1-5,9,12H,6-8,10H2,(H,17,18)(H,19,20). The van der Waals surface area contributed by atoms with Crippen LogP contribution in [-0.4, -0.2) is 45.9 Å². The van der Waals surface area contributed by atoms with Crippen LogP contribution in [0.5, 0.6) is 0 Å². The van der Waals surface area contributed by atoms with Crippen molar-refractivity contribution < 1.29 is 24.6 Å². The van der Waals surface area contributed by atoms with Crippen LogP contribution in [-0.2, 0) is 20.9 Å². The maximum atomic E-state index is 11.2. The Kier molecular flexibility index (Phi) is 6.39. The first-order valence-corrected chi connectivity index (χ1v) is 6.20. The van der Waals surface area contributed by atoms with Gasteiger partial charge in [0.1, 0.15) is 12.3 Å². The highest BCUT2D eigenvalue weighted by atomic mass is 16.4. The average molecular weight is 279 g/mol. The summed E-state index contributed by atoms with van der Waals surface area (Å²) in [5.41, 5.74) is 0.870. The molecule has 1 aromatic rings. The predicted molar refractivity (Wildman–Crippen MR) is 71.2 cm³/mol. The molecule has 6 heteroatoms. The molecule has 1 atom stereocenters. The van der Waals surface area contributed by atoms with Gasteiger partial charge in [0.25, 0.3) is 0 Å². The molecule has 0 bridgehead atoms. The molecule has 0 aromatic heterocycles.